The Labute approximate surface area is 225 Å². The Hall–Kier alpha value is -4.80. The van der Waals surface area contributed by atoms with E-state index in [1.54, 1.807) is 0 Å². The van der Waals surface area contributed by atoms with Crippen LogP contribution in [0.4, 0.5) is 20.8 Å². The first-order valence-electron chi connectivity index (χ1n) is 12.5. The number of amides is 1. The highest BCUT2D eigenvalue weighted by Crippen LogP contribution is 2.49. The Kier molecular flexibility index (Phi) is 6.62. The summed E-state index contributed by atoms with van der Waals surface area (Å²) >= 11 is 0. The van der Waals surface area contributed by atoms with Gasteiger partial charge in [0.1, 0.15) is 5.82 Å². The number of imidazole rings is 1. The van der Waals surface area contributed by atoms with Crippen molar-refractivity contribution < 1.29 is 9.18 Å². The number of hydrogen-bond donors (Lipinski definition) is 1. The van der Waals surface area contributed by atoms with Crippen molar-refractivity contribution in [3.05, 3.63) is 145 Å². The van der Waals surface area contributed by atoms with Crippen LogP contribution in [0.5, 0.6) is 0 Å². The van der Waals surface area contributed by atoms with Crippen molar-refractivity contribution in [2.45, 2.75) is 0 Å². The van der Waals surface area contributed by atoms with E-state index in [0.29, 0.717) is 22.7 Å². The monoisotopic (exact) mass is 530 g/mol. The number of anilines is 1. The molecule has 0 aliphatic heterocycles. The molecule has 0 unspecified atom stereocenters. The van der Waals surface area contributed by atoms with Crippen LogP contribution in [0, 0.1) is 5.82 Å². The highest BCUT2D eigenvalue weighted by atomic mass is 31.2. The van der Waals surface area contributed by atoms with E-state index < -0.39 is 13.1 Å². The van der Waals surface area contributed by atoms with Crippen molar-refractivity contribution >= 4 is 51.7 Å². The number of para-hydroxylation sites is 2. The number of carbonyl (C=O) groups excluding carboxylic acids is 1. The van der Waals surface area contributed by atoms with E-state index in [4.69, 9.17) is 9.73 Å². The molecule has 0 fully saturated rings. The molecule has 0 saturated carbocycles. The SMILES string of the molecule is O=C(Nc1ccc(F)cc1)n1c(N=P(c2ccccc2)(c2ccccc2)c2ccccc2)nc2ccccc21. The van der Waals surface area contributed by atoms with Gasteiger partial charge in [0, 0.05) is 21.6 Å². The Morgan fingerprint density at radius 3 is 1.69 bits per heavy atom. The summed E-state index contributed by atoms with van der Waals surface area (Å²) in [5.41, 5.74) is 1.75. The number of benzene rings is 5. The highest BCUT2D eigenvalue weighted by molar-refractivity contribution is 7.87. The lowest BCUT2D eigenvalue weighted by atomic mass is 10.3. The van der Waals surface area contributed by atoms with Gasteiger partial charge in [-0.05, 0) is 36.4 Å². The molecule has 5 aromatic carbocycles. The molecule has 0 radical (unpaired) electrons. The second-order valence-corrected chi connectivity index (χ2v) is 11.9. The van der Waals surface area contributed by atoms with Gasteiger partial charge in [-0.25, -0.2) is 23.5 Å². The lowest BCUT2D eigenvalue weighted by Gasteiger charge is -2.26. The molecule has 5 nitrogen and oxygen atoms in total. The number of carbonyl (C=O) groups is 1. The van der Waals surface area contributed by atoms with E-state index >= 15 is 0 Å². The standard InChI is InChI=1S/C32H24FN4OP/c33-24-20-22-25(23-21-24)34-32(38)37-30-19-11-10-18-29(30)35-31(37)36-39(26-12-4-1-5-13-26,27-14-6-2-7-15-27)28-16-8-3-9-17-28/h1-23H,(H,34,38). The largest absolute Gasteiger partial charge is 0.333 e. The van der Waals surface area contributed by atoms with E-state index in [-0.39, 0.29) is 5.82 Å². The number of hydrogen-bond acceptors (Lipinski definition) is 3. The van der Waals surface area contributed by atoms with Crippen molar-refractivity contribution in [3.63, 3.8) is 0 Å². The first-order valence-corrected chi connectivity index (χ1v) is 14.2. The fourth-order valence-electron chi connectivity index (χ4n) is 4.68. The van der Waals surface area contributed by atoms with Gasteiger partial charge in [0.05, 0.1) is 18.1 Å². The van der Waals surface area contributed by atoms with Gasteiger partial charge in [-0.1, -0.05) is 103 Å². The molecule has 6 aromatic rings. The normalized spacial score (nSPS) is 11.3. The van der Waals surface area contributed by atoms with Crippen LogP contribution >= 0.6 is 7.05 Å². The zero-order chi connectivity index (χ0) is 26.7. The van der Waals surface area contributed by atoms with E-state index in [1.807, 2.05) is 78.9 Å². The van der Waals surface area contributed by atoms with Gasteiger partial charge in [0.25, 0.3) is 0 Å². The fraction of sp³-hybridized carbons (Fsp3) is 0. The summed E-state index contributed by atoms with van der Waals surface area (Å²) in [6.45, 7) is 0. The Balaban J connectivity index is 1.66. The zero-order valence-electron chi connectivity index (χ0n) is 20.9. The van der Waals surface area contributed by atoms with Crippen LogP contribution in [0.2, 0.25) is 0 Å². The lowest BCUT2D eigenvalue weighted by Crippen LogP contribution is -2.25. The molecular weight excluding hydrogens is 506 g/mol. The number of aromatic nitrogens is 2. The topological polar surface area (TPSA) is 59.3 Å². The number of fused-ring (bicyclic) bond motifs is 1. The molecule has 7 heteroatoms. The van der Waals surface area contributed by atoms with Crippen LogP contribution in [0.3, 0.4) is 0 Å². The van der Waals surface area contributed by atoms with E-state index in [1.165, 1.54) is 28.8 Å². The molecule has 0 saturated heterocycles. The molecule has 39 heavy (non-hydrogen) atoms. The third-order valence-electron chi connectivity index (χ3n) is 6.47. The van der Waals surface area contributed by atoms with Crippen LogP contribution in [0.1, 0.15) is 0 Å². The molecule has 190 valence electrons. The maximum atomic E-state index is 13.8. The van der Waals surface area contributed by atoms with Gasteiger partial charge >= 0.3 is 6.03 Å². The second-order valence-electron chi connectivity index (χ2n) is 8.92. The van der Waals surface area contributed by atoms with Crippen molar-refractivity contribution in [3.8, 4) is 0 Å². The molecule has 0 bridgehead atoms. The van der Waals surface area contributed by atoms with E-state index in [2.05, 4.69) is 41.7 Å². The zero-order valence-corrected chi connectivity index (χ0v) is 21.7. The first-order chi connectivity index (χ1) is 19.1. The third kappa shape index (κ3) is 4.67. The number of nitrogens with one attached hydrogen (secondary N) is 1. The number of halogens is 1. The minimum absolute atomic E-state index is 0.292. The summed E-state index contributed by atoms with van der Waals surface area (Å²) in [6.07, 6.45) is 0. The van der Waals surface area contributed by atoms with Crippen LogP contribution in [0.25, 0.3) is 11.0 Å². The minimum atomic E-state index is -2.67. The van der Waals surface area contributed by atoms with Crippen LogP contribution in [0.15, 0.2) is 144 Å². The summed E-state index contributed by atoms with van der Waals surface area (Å²) in [4.78, 5) is 18.6. The Morgan fingerprint density at radius 2 is 1.15 bits per heavy atom. The molecule has 0 aliphatic rings. The van der Waals surface area contributed by atoms with Crippen LogP contribution in [-0.2, 0) is 0 Å². The molecule has 0 aliphatic carbocycles. The average Bonchev–Trinajstić information content (AvgIpc) is 3.36. The summed E-state index contributed by atoms with van der Waals surface area (Å²) in [7, 11) is -2.67. The van der Waals surface area contributed by atoms with E-state index in [9.17, 15) is 9.18 Å². The maximum Gasteiger partial charge on any atom is 0.333 e. The van der Waals surface area contributed by atoms with Crippen molar-refractivity contribution in [1.82, 2.24) is 9.55 Å². The van der Waals surface area contributed by atoms with E-state index in [0.717, 1.165) is 15.9 Å². The van der Waals surface area contributed by atoms with Gasteiger partial charge in [0.15, 0.2) is 0 Å². The maximum absolute atomic E-state index is 13.8. The van der Waals surface area contributed by atoms with Gasteiger partial charge in [-0.15, -0.1) is 0 Å². The molecule has 1 N–H and O–H groups in total. The predicted octanol–water partition coefficient (Wildman–Crippen LogP) is 7.06. The van der Waals surface area contributed by atoms with Crippen molar-refractivity contribution in [2.75, 3.05) is 5.32 Å². The fourth-order valence-corrected chi connectivity index (χ4v) is 8.13. The van der Waals surface area contributed by atoms with Crippen LogP contribution in [-0.4, -0.2) is 15.6 Å². The number of rotatable bonds is 5. The summed E-state index contributed by atoms with van der Waals surface area (Å²) < 4.78 is 20.5. The summed E-state index contributed by atoms with van der Waals surface area (Å²) in [5.74, 6) is -0.0827. The predicted molar refractivity (Wildman–Crippen MR) is 158 cm³/mol. The Bertz CT molecular complexity index is 1700. The lowest BCUT2D eigenvalue weighted by molar-refractivity contribution is 0.254. The van der Waals surface area contributed by atoms with Gasteiger partial charge in [-0.2, -0.15) is 0 Å². The highest BCUT2D eigenvalue weighted by Gasteiger charge is 2.29. The summed E-state index contributed by atoms with van der Waals surface area (Å²) in [5, 5.41) is 6.00. The van der Waals surface area contributed by atoms with Gasteiger partial charge in [0.2, 0.25) is 5.95 Å². The second kappa shape index (κ2) is 10.5. The average molecular weight is 531 g/mol. The van der Waals surface area contributed by atoms with Gasteiger partial charge < -0.3 is 5.32 Å². The first kappa shape index (κ1) is 24.5. The third-order valence-corrected chi connectivity index (χ3v) is 10.1. The molecule has 1 amide bonds. The van der Waals surface area contributed by atoms with Crippen LogP contribution < -0.4 is 21.2 Å². The smallest absolute Gasteiger partial charge is 0.307 e. The molecule has 6 rings (SSSR count). The molecule has 0 spiro atoms. The number of nitrogens with zero attached hydrogens (tertiary/aromatic N) is 3. The van der Waals surface area contributed by atoms with Crippen molar-refractivity contribution in [1.29, 1.82) is 0 Å². The minimum Gasteiger partial charge on any atom is -0.307 e. The quantitative estimate of drug-likeness (QED) is 0.243. The Morgan fingerprint density at radius 1 is 0.667 bits per heavy atom. The molecule has 1 aromatic heterocycles. The van der Waals surface area contributed by atoms with Gasteiger partial charge in [-0.3, -0.25) is 0 Å². The van der Waals surface area contributed by atoms with Crippen molar-refractivity contribution in [2.24, 2.45) is 4.74 Å². The molecule has 1 heterocycles. The summed E-state index contributed by atoms with van der Waals surface area (Å²) in [6, 6.07) is 43.2. The molecule has 0 atom stereocenters. The molecular formula is C32H24FN4OP.